The van der Waals surface area contributed by atoms with Crippen molar-refractivity contribution < 1.29 is 0 Å². The lowest BCUT2D eigenvalue weighted by Crippen LogP contribution is -1.97. The molecule has 0 bridgehead atoms. The normalized spacial score (nSPS) is 11.2. The minimum absolute atomic E-state index is 0.749. The van der Waals surface area contributed by atoms with E-state index >= 15 is 0 Å². The largest absolute Gasteiger partial charge is 0.228 e. The van der Waals surface area contributed by atoms with Crippen molar-refractivity contribution in [2.24, 2.45) is 0 Å². The zero-order valence-corrected chi connectivity index (χ0v) is 14.9. The van der Waals surface area contributed by atoms with Crippen molar-refractivity contribution >= 4 is 5.57 Å². The Labute approximate surface area is 149 Å². The lowest BCUT2D eigenvalue weighted by Gasteiger charge is -2.10. The van der Waals surface area contributed by atoms with E-state index in [1.807, 2.05) is 55.5 Å². The average molecular weight is 326 g/mol. The molecule has 1 aromatic heterocycles. The first-order chi connectivity index (χ1) is 12.2. The Bertz CT molecular complexity index is 846. The van der Waals surface area contributed by atoms with Crippen molar-refractivity contribution in [1.29, 1.82) is 0 Å². The van der Waals surface area contributed by atoms with Gasteiger partial charge in [-0.3, -0.25) is 0 Å². The minimum Gasteiger partial charge on any atom is -0.228 e. The lowest BCUT2D eigenvalue weighted by molar-refractivity contribution is 1.15. The van der Waals surface area contributed by atoms with Crippen LogP contribution in [0.15, 0.2) is 84.5 Å². The number of hydrogen-bond acceptors (Lipinski definition) is 2. The van der Waals surface area contributed by atoms with E-state index in [4.69, 9.17) is 9.97 Å². The van der Waals surface area contributed by atoms with Gasteiger partial charge in [0.1, 0.15) is 0 Å². The van der Waals surface area contributed by atoms with Gasteiger partial charge < -0.3 is 0 Å². The molecule has 0 radical (unpaired) electrons. The van der Waals surface area contributed by atoms with E-state index in [0.717, 1.165) is 33.9 Å². The molecule has 2 nitrogen and oxygen atoms in total. The molecule has 0 aliphatic rings. The van der Waals surface area contributed by atoms with Gasteiger partial charge >= 0.3 is 0 Å². The number of aromatic nitrogens is 2. The van der Waals surface area contributed by atoms with Gasteiger partial charge in [0.2, 0.25) is 0 Å². The van der Waals surface area contributed by atoms with E-state index in [1.165, 1.54) is 5.57 Å². The van der Waals surface area contributed by atoms with Crippen LogP contribution < -0.4 is 0 Å². The molecule has 0 amide bonds. The first-order valence-electron chi connectivity index (χ1n) is 8.49. The fraction of sp³-hybridized carbons (Fsp3) is 0.130. The first kappa shape index (κ1) is 16.8. The summed E-state index contributed by atoms with van der Waals surface area (Å²) < 4.78 is 0. The highest BCUT2D eigenvalue weighted by atomic mass is 14.9. The molecular weight excluding hydrogens is 304 g/mol. The second-order valence-electron chi connectivity index (χ2n) is 6.16. The Balaban J connectivity index is 2.20. The van der Waals surface area contributed by atoms with Crippen LogP contribution in [-0.2, 0) is 0 Å². The lowest BCUT2D eigenvalue weighted by atomic mass is 10.0. The van der Waals surface area contributed by atoms with Crippen molar-refractivity contribution in [2.45, 2.75) is 20.8 Å². The molecule has 0 N–H and O–H groups in total. The quantitative estimate of drug-likeness (QED) is 0.535. The molecule has 0 fully saturated rings. The zero-order valence-electron chi connectivity index (χ0n) is 14.9. The predicted molar refractivity (Wildman–Crippen MR) is 106 cm³/mol. The van der Waals surface area contributed by atoms with Crippen LogP contribution in [0.25, 0.3) is 28.2 Å². The zero-order chi connectivity index (χ0) is 17.6. The molecule has 0 saturated carbocycles. The summed E-state index contributed by atoms with van der Waals surface area (Å²) in [6.07, 6.45) is 4.25. The number of rotatable bonds is 4. The van der Waals surface area contributed by atoms with Gasteiger partial charge in [-0.15, -0.1) is 0 Å². The Hall–Kier alpha value is -3.00. The number of benzene rings is 2. The third kappa shape index (κ3) is 4.10. The van der Waals surface area contributed by atoms with E-state index in [1.54, 1.807) is 0 Å². The monoisotopic (exact) mass is 326 g/mol. The Morgan fingerprint density at radius 2 is 1.40 bits per heavy atom. The smallest absolute Gasteiger partial charge is 0.160 e. The Morgan fingerprint density at radius 1 is 0.800 bits per heavy atom. The summed E-state index contributed by atoms with van der Waals surface area (Å²) in [5.74, 6) is 0.749. The van der Waals surface area contributed by atoms with E-state index in [2.05, 4.69) is 44.2 Å². The van der Waals surface area contributed by atoms with Crippen LogP contribution in [0.1, 0.15) is 26.5 Å². The number of nitrogens with zero attached hydrogens (tertiary/aromatic N) is 2. The molecule has 2 aromatic carbocycles. The molecule has 0 atom stereocenters. The third-order valence-corrected chi connectivity index (χ3v) is 3.88. The standard InChI is InChI=1S/C23H22N2/c1-4-18(15-17(2)3)21-16-22(19-11-7-5-8-12-19)25-23(24-21)20-13-9-6-10-14-20/h4-16H,1-3H3/b18-4+. The third-order valence-electron chi connectivity index (χ3n) is 3.88. The predicted octanol–water partition coefficient (Wildman–Crippen LogP) is 6.18. The van der Waals surface area contributed by atoms with Crippen LogP contribution in [0.4, 0.5) is 0 Å². The average Bonchev–Trinajstić information content (AvgIpc) is 2.67. The van der Waals surface area contributed by atoms with Crippen LogP contribution in [0.2, 0.25) is 0 Å². The van der Waals surface area contributed by atoms with Crippen LogP contribution in [0.5, 0.6) is 0 Å². The second-order valence-corrected chi connectivity index (χ2v) is 6.16. The molecule has 25 heavy (non-hydrogen) atoms. The van der Waals surface area contributed by atoms with Crippen LogP contribution in [-0.4, -0.2) is 9.97 Å². The van der Waals surface area contributed by atoms with Gasteiger partial charge in [0.15, 0.2) is 5.82 Å². The van der Waals surface area contributed by atoms with Crippen LogP contribution in [0, 0.1) is 0 Å². The molecule has 0 spiro atoms. The molecule has 3 rings (SSSR count). The summed E-state index contributed by atoms with van der Waals surface area (Å²) in [6.45, 7) is 6.24. The van der Waals surface area contributed by atoms with Gasteiger partial charge in [-0.25, -0.2) is 9.97 Å². The van der Waals surface area contributed by atoms with Crippen molar-refractivity contribution in [3.8, 4) is 22.6 Å². The van der Waals surface area contributed by atoms with Crippen molar-refractivity contribution in [2.75, 3.05) is 0 Å². The molecule has 0 unspecified atom stereocenters. The highest BCUT2D eigenvalue weighted by Gasteiger charge is 2.10. The molecule has 3 aromatic rings. The maximum Gasteiger partial charge on any atom is 0.160 e. The van der Waals surface area contributed by atoms with Crippen LogP contribution in [0.3, 0.4) is 0 Å². The second kappa shape index (κ2) is 7.71. The molecule has 0 aliphatic carbocycles. The summed E-state index contributed by atoms with van der Waals surface area (Å²) in [6, 6.07) is 22.4. The number of allylic oxidation sites excluding steroid dienone is 4. The van der Waals surface area contributed by atoms with E-state index in [9.17, 15) is 0 Å². The van der Waals surface area contributed by atoms with Crippen molar-refractivity contribution in [3.05, 3.63) is 90.1 Å². The summed E-state index contributed by atoms with van der Waals surface area (Å²) >= 11 is 0. The van der Waals surface area contributed by atoms with Crippen molar-refractivity contribution in [1.82, 2.24) is 9.97 Å². The Morgan fingerprint density at radius 3 is 1.96 bits per heavy atom. The van der Waals surface area contributed by atoms with Gasteiger partial charge in [-0.1, -0.05) is 78.4 Å². The van der Waals surface area contributed by atoms with Crippen molar-refractivity contribution in [3.63, 3.8) is 0 Å². The first-order valence-corrected chi connectivity index (χ1v) is 8.49. The fourth-order valence-corrected chi connectivity index (χ4v) is 2.68. The maximum atomic E-state index is 4.83. The maximum absolute atomic E-state index is 4.83. The number of hydrogen-bond donors (Lipinski definition) is 0. The van der Waals surface area contributed by atoms with Gasteiger partial charge in [0.05, 0.1) is 11.4 Å². The van der Waals surface area contributed by atoms with Gasteiger partial charge in [0, 0.05) is 11.1 Å². The molecule has 2 heteroatoms. The highest BCUT2D eigenvalue weighted by Crippen LogP contribution is 2.26. The highest BCUT2D eigenvalue weighted by molar-refractivity contribution is 5.76. The Kier molecular flexibility index (Phi) is 5.20. The summed E-state index contributed by atoms with van der Waals surface area (Å²) in [7, 11) is 0. The minimum atomic E-state index is 0.749. The van der Waals surface area contributed by atoms with E-state index < -0.39 is 0 Å². The molecule has 0 aliphatic heterocycles. The van der Waals surface area contributed by atoms with Gasteiger partial charge in [0.25, 0.3) is 0 Å². The van der Waals surface area contributed by atoms with E-state index in [-0.39, 0.29) is 0 Å². The topological polar surface area (TPSA) is 25.8 Å². The fourth-order valence-electron chi connectivity index (χ4n) is 2.68. The molecule has 124 valence electrons. The summed E-state index contributed by atoms with van der Waals surface area (Å²) in [5, 5.41) is 0. The van der Waals surface area contributed by atoms with E-state index in [0.29, 0.717) is 0 Å². The van der Waals surface area contributed by atoms with Gasteiger partial charge in [-0.05, 0) is 32.4 Å². The summed E-state index contributed by atoms with van der Waals surface area (Å²) in [4.78, 5) is 9.64. The molecular formula is C23H22N2. The van der Waals surface area contributed by atoms with Gasteiger partial charge in [-0.2, -0.15) is 0 Å². The van der Waals surface area contributed by atoms with Crippen LogP contribution >= 0.6 is 0 Å². The molecule has 1 heterocycles. The summed E-state index contributed by atoms with van der Waals surface area (Å²) in [5.41, 5.74) is 6.35. The molecule has 0 saturated heterocycles. The SMILES string of the molecule is C/C=C(\C=C(C)C)c1cc(-c2ccccc2)nc(-c2ccccc2)n1.